The van der Waals surface area contributed by atoms with Crippen molar-refractivity contribution in [3.05, 3.63) is 22.2 Å². The summed E-state index contributed by atoms with van der Waals surface area (Å²) in [6.07, 6.45) is 1.26. The summed E-state index contributed by atoms with van der Waals surface area (Å²) < 4.78 is 6.88. The molecule has 16 heavy (non-hydrogen) atoms. The third kappa shape index (κ3) is 2.06. The van der Waals surface area contributed by atoms with Gasteiger partial charge in [-0.15, -0.1) is 11.8 Å². The molecule has 6 nitrogen and oxygen atoms in total. The van der Waals surface area contributed by atoms with Crippen LogP contribution in [0.3, 0.4) is 0 Å². The maximum absolute atomic E-state index is 11.6. The van der Waals surface area contributed by atoms with Crippen LogP contribution in [0.2, 0.25) is 0 Å². The second-order valence-corrected chi connectivity index (χ2v) is 4.73. The highest BCUT2D eigenvalue weighted by molar-refractivity contribution is 8.00. The molecule has 2 heterocycles. The lowest BCUT2D eigenvalue weighted by Crippen LogP contribution is -2.29. The Morgan fingerprint density at radius 3 is 3.19 bits per heavy atom. The number of aryl methyl sites for hydroxylation is 1. The van der Waals surface area contributed by atoms with E-state index in [0.29, 0.717) is 5.75 Å². The van der Waals surface area contributed by atoms with Gasteiger partial charge in [0.05, 0.1) is 6.61 Å². The van der Waals surface area contributed by atoms with Gasteiger partial charge in [0.2, 0.25) is 0 Å². The summed E-state index contributed by atoms with van der Waals surface area (Å²) in [6, 6.07) is 0. The van der Waals surface area contributed by atoms with E-state index in [-0.39, 0.29) is 24.1 Å². The molecule has 7 heteroatoms. The number of thioether (sulfide) groups is 1. The third-order valence-electron chi connectivity index (χ3n) is 2.37. The fraction of sp³-hybridized carbons (Fsp3) is 0.556. The summed E-state index contributed by atoms with van der Waals surface area (Å²) in [5.41, 5.74) is 5.58. The van der Waals surface area contributed by atoms with Gasteiger partial charge in [-0.05, 0) is 6.92 Å². The fourth-order valence-electron chi connectivity index (χ4n) is 1.47. The van der Waals surface area contributed by atoms with E-state index in [0.717, 1.165) is 5.56 Å². The zero-order chi connectivity index (χ0) is 11.7. The van der Waals surface area contributed by atoms with Gasteiger partial charge in [0, 0.05) is 17.5 Å². The van der Waals surface area contributed by atoms with Crippen LogP contribution in [0.5, 0.6) is 0 Å². The number of rotatable bonds is 2. The average Bonchev–Trinajstić information content (AvgIpc) is 2.71. The van der Waals surface area contributed by atoms with Gasteiger partial charge in [0.1, 0.15) is 17.5 Å². The number of aliphatic hydroxyl groups excluding tert-OH is 1. The number of nitrogen functional groups attached to an aromatic ring is 1. The van der Waals surface area contributed by atoms with Crippen molar-refractivity contribution in [2.75, 3.05) is 18.1 Å². The lowest BCUT2D eigenvalue weighted by molar-refractivity contribution is -0.00637. The minimum Gasteiger partial charge on any atom is -0.393 e. The quantitative estimate of drug-likeness (QED) is 0.742. The van der Waals surface area contributed by atoms with Crippen LogP contribution in [-0.4, -0.2) is 32.5 Å². The highest BCUT2D eigenvalue weighted by Gasteiger charge is 2.27. The van der Waals surface area contributed by atoms with Crippen molar-refractivity contribution < 1.29 is 9.84 Å². The second kappa shape index (κ2) is 4.44. The molecule has 0 bridgehead atoms. The first-order chi connectivity index (χ1) is 7.61. The van der Waals surface area contributed by atoms with Crippen molar-refractivity contribution in [1.29, 1.82) is 0 Å². The number of nitrogens with two attached hydrogens (primary N) is 1. The molecule has 0 aromatic carbocycles. The smallest absolute Gasteiger partial charge is 0.351 e. The Balaban J connectivity index is 2.28. The molecular weight excluding hydrogens is 230 g/mol. The standard InChI is InChI=1S/C9H13N3O3S/c1-5-2-12(9(14)11-8(5)10)6-4-16-7(3-13)15-6/h2,6-7,13H,3-4H2,1H3,(H2,10,11,14)/t6-,7-/m1/s1. The van der Waals surface area contributed by atoms with E-state index in [1.54, 1.807) is 13.1 Å². The summed E-state index contributed by atoms with van der Waals surface area (Å²) in [5, 5.41) is 8.93. The van der Waals surface area contributed by atoms with Crippen molar-refractivity contribution >= 4 is 17.6 Å². The van der Waals surface area contributed by atoms with Gasteiger partial charge in [-0.3, -0.25) is 4.57 Å². The Labute approximate surface area is 96.4 Å². The molecule has 0 saturated carbocycles. The Bertz CT molecular complexity index is 448. The number of ether oxygens (including phenoxy) is 1. The van der Waals surface area contributed by atoms with Crippen LogP contribution in [0, 0.1) is 6.92 Å². The molecule has 2 atom stereocenters. The fourth-order valence-corrected chi connectivity index (χ4v) is 2.40. The normalized spacial score (nSPS) is 24.9. The second-order valence-electron chi connectivity index (χ2n) is 3.54. The Morgan fingerprint density at radius 1 is 1.81 bits per heavy atom. The highest BCUT2D eigenvalue weighted by Crippen LogP contribution is 2.30. The predicted octanol–water partition coefficient (Wildman–Crippen LogP) is -0.286. The molecule has 1 saturated heterocycles. The minimum atomic E-state index is -0.424. The molecule has 0 unspecified atom stereocenters. The van der Waals surface area contributed by atoms with E-state index in [9.17, 15) is 4.79 Å². The number of aromatic nitrogens is 2. The molecule has 1 aromatic heterocycles. The van der Waals surface area contributed by atoms with Crippen LogP contribution in [0.4, 0.5) is 5.82 Å². The van der Waals surface area contributed by atoms with Crippen molar-refractivity contribution in [2.45, 2.75) is 18.6 Å². The predicted molar refractivity (Wildman–Crippen MR) is 61.1 cm³/mol. The molecule has 3 N–H and O–H groups in total. The molecule has 88 valence electrons. The van der Waals surface area contributed by atoms with Gasteiger partial charge in [-0.1, -0.05) is 0 Å². The van der Waals surface area contributed by atoms with Crippen molar-refractivity contribution in [1.82, 2.24) is 9.55 Å². The number of aliphatic hydroxyl groups is 1. The molecule has 1 aliphatic rings. The maximum atomic E-state index is 11.6. The lowest BCUT2D eigenvalue weighted by Gasteiger charge is -2.14. The topological polar surface area (TPSA) is 90.4 Å². The van der Waals surface area contributed by atoms with Crippen molar-refractivity contribution in [3.8, 4) is 0 Å². The van der Waals surface area contributed by atoms with Crippen LogP contribution in [0.25, 0.3) is 0 Å². The highest BCUT2D eigenvalue weighted by atomic mass is 32.2. The SMILES string of the molecule is Cc1cn([C@H]2CS[C@H](CO)O2)c(=O)nc1N. The Kier molecular flexibility index (Phi) is 3.17. The van der Waals surface area contributed by atoms with Crippen LogP contribution in [-0.2, 0) is 4.74 Å². The van der Waals surface area contributed by atoms with Gasteiger partial charge in [-0.2, -0.15) is 4.98 Å². The van der Waals surface area contributed by atoms with E-state index >= 15 is 0 Å². The Hall–Kier alpha value is -1.05. The summed E-state index contributed by atoms with van der Waals surface area (Å²) in [4.78, 5) is 15.3. The molecule has 0 spiro atoms. The average molecular weight is 243 g/mol. The molecule has 0 aliphatic carbocycles. The number of anilines is 1. The number of hydrogen-bond acceptors (Lipinski definition) is 6. The monoisotopic (exact) mass is 243 g/mol. The zero-order valence-electron chi connectivity index (χ0n) is 8.79. The lowest BCUT2D eigenvalue weighted by atomic mass is 10.3. The van der Waals surface area contributed by atoms with E-state index in [2.05, 4.69) is 4.98 Å². The van der Waals surface area contributed by atoms with Gasteiger partial charge in [0.15, 0.2) is 0 Å². The summed E-state index contributed by atoms with van der Waals surface area (Å²) in [5.74, 6) is 0.863. The van der Waals surface area contributed by atoms with Crippen LogP contribution in [0.1, 0.15) is 11.8 Å². The van der Waals surface area contributed by atoms with Crippen LogP contribution in [0.15, 0.2) is 11.0 Å². The molecule has 0 amide bonds. The van der Waals surface area contributed by atoms with E-state index in [4.69, 9.17) is 15.6 Å². The zero-order valence-corrected chi connectivity index (χ0v) is 9.61. The molecular formula is C9H13N3O3S. The molecule has 1 aromatic rings. The molecule has 1 fully saturated rings. The summed E-state index contributed by atoms with van der Waals surface area (Å²) in [6.45, 7) is 1.72. The van der Waals surface area contributed by atoms with E-state index in [1.807, 2.05) is 0 Å². The number of hydrogen-bond donors (Lipinski definition) is 2. The molecule has 0 radical (unpaired) electrons. The molecule has 2 rings (SSSR count). The van der Waals surface area contributed by atoms with E-state index in [1.165, 1.54) is 16.3 Å². The first-order valence-corrected chi connectivity index (χ1v) is 5.90. The molecule has 1 aliphatic heterocycles. The van der Waals surface area contributed by atoms with Gasteiger partial charge >= 0.3 is 5.69 Å². The largest absolute Gasteiger partial charge is 0.393 e. The minimum absolute atomic E-state index is 0.0582. The van der Waals surface area contributed by atoms with Gasteiger partial charge in [-0.25, -0.2) is 4.79 Å². The van der Waals surface area contributed by atoms with E-state index < -0.39 is 5.69 Å². The van der Waals surface area contributed by atoms with Crippen LogP contribution < -0.4 is 11.4 Å². The van der Waals surface area contributed by atoms with Crippen LogP contribution >= 0.6 is 11.8 Å². The third-order valence-corrected chi connectivity index (χ3v) is 3.48. The first-order valence-electron chi connectivity index (χ1n) is 4.85. The summed E-state index contributed by atoms with van der Waals surface area (Å²) >= 11 is 1.47. The van der Waals surface area contributed by atoms with Crippen molar-refractivity contribution in [2.24, 2.45) is 0 Å². The summed E-state index contributed by atoms with van der Waals surface area (Å²) in [7, 11) is 0. The van der Waals surface area contributed by atoms with Gasteiger partial charge < -0.3 is 15.6 Å². The maximum Gasteiger partial charge on any atom is 0.351 e. The van der Waals surface area contributed by atoms with Gasteiger partial charge in [0.25, 0.3) is 0 Å². The number of nitrogens with zero attached hydrogens (tertiary/aromatic N) is 2. The Morgan fingerprint density at radius 2 is 2.56 bits per heavy atom. The van der Waals surface area contributed by atoms with Crippen molar-refractivity contribution in [3.63, 3.8) is 0 Å². The first kappa shape index (κ1) is 11.4.